The normalized spacial score (nSPS) is 21.1. The lowest BCUT2D eigenvalue weighted by molar-refractivity contribution is -0.111. The first kappa shape index (κ1) is 29.7. The topological polar surface area (TPSA) is 140 Å². The van der Waals surface area contributed by atoms with E-state index in [1.54, 1.807) is 12.7 Å². The number of anilines is 1. The number of terminal acetylenes is 1. The van der Waals surface area contributed by atoms with Gasteiger partial charge in [0.1, 0.15) is 24.7 Å². The number of alkyl carbamates (subject to hydrolysis) is 1. The molecule has 2 fully saturated rings. The Balaban J connectivity index is 0.00000115. The summed E-state index contributed by atoms with van der Waals surface area (Å²) in [5.74, 6) is 0.613. The Hall–Kier alpha value is -3.49. The van der Waals surface area contributed by atoms with E-state index in [1.165, 1.54) is 0 Å². The van der Waals surface area contributed by atoms with Crippen LogP contribution >= 0.6 is 0 Å². The van der Waals surface area contributed by atoms with E-state index in [1.807, 2.05) is 4.57 Å². The molecule has 4 rings (SSSR count). The SMILES string of the molecule is C#C.C=C(CCC(C)n1cnc2c(N[C@@H]3CCOC3)ncnc21)COC(=O)NC1CCCC1C=O.CO. The average molecular weight is 515 g/mol. The number of nitrogens with zero attached hydrogens (tertiary/aromatic N) is 4. The maximum atomic E-state index is 12.1. The second-order valence-corrected chi connectivity index (χ2v) is 8.95. The summed E-state index contributed by atoms with van der Waals surface area (Å²) in [7, 11) is 1.00. The second-order valence-electron chi connectivity index (χ2n) is 8.95. The molecule has 0 spiro atoms. The third-order valence-electron chi connectivity index (χ3n) is 6.47. The number of aliphatic hydroxyl groups is 1. The number of amides is 1. The van der Waals surface area contributed by atoms with E-state index in [4.69, 9.17) is 14.6 Å². The van der Waals surface area contributed by atoms with Crippen LogP contribution in [0.15, 0.2) is 24.8 Å². The highest BCUT2D eigenvalue weighted by atomic mass is 16.5. The molecule has 3 heterocycles. The van der Waals surface area contributed by atoms with Gasteiger partial charge >= 0.3 is 6.09 Å². The lowest BCUT2D eigenvalue weighted by Crippen LogP contribution is -2.38. The minimum atomic E-state index is -0.493. The molecule has 2 aliphatic rings. The highest BCUT2D eigenvalue weighted by Gasteiger charge is 2.28. The molecule has 1 saturated carbocycles. The van der Waals surface area contributed by atoms with Crippen LogP contribution in [0.1, 0.15) is 51.5 Å². The summed E-state index contributed by atoms with van der Waals surface area (Å²) >= 11 is 0. The molecule has 202 valence electrons. The van der Waals surface area contributed by atoms with Crippen LogP contribution in [0.2, 0.25) is 0 Å². The van der Waals surface area contributed by atoms with E-state index in [2.05, 4.69) is 51.9 Å². The second kappa shape index (κ2) is 15.6. The third-order valence-corrected chi connectivity index (χ3v) is 6.47. The number of hydrogen-bond acceptors (Lipinski definition) is 9. The minimum Gasteiger partial charge on any atom is -0.445 e. The molecule has 1 saturated heterocycles. The summed E-state index contributed by atoms with van der Waals surface area (Å²) in [6.45, 7) is 7.72. The monoisotopic (exact) mass is 514 g/mol. The van der Waals surface area contributed by atoms with Gasteiger partial charge in [-0.3, -0.25) is 0 Å². The van der Waals surface area contributed by atoms with Gasteiger partial charge in [-0.25, -0.2) is 19.7 Å². The molecule has 11 nitrogen and oxygen atoms in total. The highest BCUT2D eigenvalue weighted by molar-refractivity contribution is 5.82. The number of nitrogens with one attached hydrogen (secondary N) is 2. The first-order valence-electron chi connectivity index (χ1n) is 12.4. The average Bonchev–Trinajstić information content (AvgIpc) is 3.70. The number of carbonyl (C=O) groups excluding carboxylic acids is 2. The summed E-state index contributed by atoms with van der Waals surface area (Å²) in [6.07, 6.45) is 16.8. The van der Waals surface area contributed by atoms with Gasteiger partial charge in [0, 0.05) is 31.7 Å². The summed E-state index contributed by atoms with van der Waals surface area (Å²) in [5, 5.41) is 13.2. The first-order chi connectivity index (χ1) is 18.0. The van der Waals surface area contributed by atoms with Gasteiger partial charge in [0.05, 0.1) is 19.0 Å². The van der Waals surface area contributed by atoms with Crippen LogP contribution in [0, 0.1) is 18.8 Å². The highest BCUT2D eigenvalue weighted by Crippen LogP contribution is 2.26. The zero-order valence-corrected chi connectivity index (χ0v) is 21.6. The Morgan fingerprint density at radius 2 is 2.11 bits per heavy atom. The fourth-order valence-corrected chi connectivity index (χ4v) is 4.44. The molecule has 3 N–H and O–H groups in total. The van der Waals surface area contributed by atoms with E-state index >= 15 is 0 Å². The van der Waals surface area contributed by atoms with Crippen molar-refractivity contribution >= 4 is 29.4 Å². The summed E-state index contributed by atoms with van der Waals surface area (Å²) < 4.78 is 12.8. The van der Waals surface area contributed by atoms with Crippen molar-refractivity contribution in [1.29, 1.82) is 0 Å². The van der Waals surface area contributed by atoms with Crippen LogP contribution in [0.5, 0.6) is 0 Å². The van der Waals surface area contributed by atoms with Gasteiger partial charge in [0.25, 0.3) is 0 Å². The van der Waals surface area contributed by atoms with E-state index < -0.39 is 6.09 Å². The van der Waals surface area contributed by atoms with Gasteiger partial charge < -0.3 is 34.6 Å². The zero-order chi connectivity index (χ0) is 27.2. The molecule has 11 heteroatoms. The largest absolute Gasteiger partial charge is 0.445 e. The number of aldehydes is 1. The van der Waals surface area contributed by atoms with Crippen LogP contribution in [0.4, 0.5) is 10.6 Å². The molecule has 0 aromatic carbocycles. The van der Waals surface area contributed by atoms with Crippen molar-refractivity contribution in [3.63, 3.8) is 0 Å². The number of rotatable bonds is 10. The van der Waals surface area contributed by atoms with Crippen molar-refractivity contribution in [2.75, 3.05) is 32.2 Å². The molecule has 0 radical (unpaired) electrons. The predicted octanol–water partition coefficient (Wildman–Crippen LogP) is 2.88. The summed E-state index contributed by atoms with van der Waals surface area (Å²) in [4.78, 5) is 36.5. The maximum absolute atomic E-state index is 12.1. The van der Waals surface area contributed by atoms with Crippen molar-refractivity contribution in [2.45, 2.75) is 63.6 Å². The van der Waals surface area contributed by atoms with Gasteiger partial charge in [0.15, 0.2) is 11.5 Å². The Kier molecular flexibility index (Phi) is 12.5. The molecule has 0 bridgehead atoms. The molecule has 37 heavy (non-hydrogen) atoms. The van der Waals surface area contributed by atoms with Crippen LogP contribution in [-0.2, 0) is 14.3 Å². The van der Waals surface area contributed by atoms with E-state index in [9.17, 15) is 9.59 Å². The first-order valence-corrected chi connectivity index (χ1v) is 12.4. The quantitative estimate of drug-likeness (QED) is 0.248. The number of hydrogen-bond donors (Lipinski definition) is 3. The zero-order valence-electron chi connectivity index (χ0n) is 21.6. The molecule has 1 aliphatic heterocycles. The number of ether oxygens (including phenoxy) is 2. The van der Waals surface area contributed by atoms with Crippen LogP contribution < -0.4 is 10.6 Å². The lowest BCUT2D eigenvalue weighted by atomic mass is 10.1. The molecule has 4 atom stereocenters. The molecule has 1 amide bonds. The Morgan fingerprint density at radius 1 is 1.32 bits per heavy atom. The van der Waals surface area contributed by atoms with Crippen molar-refractivity contribution in [3.05, 3.63) is 24.8 Å². The summed E-state index contributed by atoms with van der Waals surface area (Å²) in [6, 6.07) is 0.245. The van der Waals surface area contributed by atoms with Crippen molar-refractivity contribution < 1.29 is 24.2 Å². The van der Waals surface area contributed by atoms with Crippen LogP contribution in [0.25, 0.3) is 11.2 Å². The predicted molar refractivity (Wildman–Crippen MR) is 141 cm³/mol. The van der Waals surface area contributed by atoms with E-state index in [0.717, 1.165) is 74.7 Å². The fraction of sp³-hybridized carbons (Fsp3) is 0.577. The van der Waals surface area contributed by atoms with Crippen LogP contribution in [-0.4, -0.2) is 76.0 Å². The van der Waals surface area contributed by atoms with Crippen molar-refractivity contribution in [2.24, 2.45) is 5.92 Å². The van der Waals surface area contributed by atoms with Gasteiger partial charge in [-0.05, 0) is 44.6 Å². The summed E-state index contributed by atoms with van der Waals surface area (Å²) in [5.41, 5.74) is 2.36. The minimum absolute atomic E-state index is 0.113. The van der Waals surface area contributed by atoms with Gasteiger partial charge in [-0.1, -0.05) is 13.0 Å². The van der Waals surface area contributed by atoms with Gasteiger partial charge in [-0.15, -0.1) is 12.8 Å². The van der Waals surface area contributed by atoms with Crippen molar-refractivity contribution in [1.82, 2.24) is 24.8 Å². The van der Waals surface area contributed by atoms with Gasteiger partial charge in [0.2, 0.25) is 0 Å². The fourth-order valence-electron chi connectivity index (χ4n) is 4.44. The third kappa shape index (κ3) is 8.27. The van der Waals surface area contributed by atoms with E-state index in [-0.39, 0.29) is 30.7 Å². The Bertz CT molecular complexity index is 1030. The molecule has 3 unspecified atom stereocenters. The number of fused-ring (bicyclic) bond motifs is 1. The smallest absolute Gasteiger partial charge is 0.407 e. The lowest BCUT2D eigenvalue weighted by Gasteiger charge is -2.17. The molecule has 2 aromatic rings. The number of carbonyl (C=O) groups is 2. The van der Waals surface area contributed by atoms with Crippen molar-refractivity contribution in [3.8, 4) is 12.8 Å². The Morgan fingerprint density at radius 3 is 2.81 bits per heavy atom. The van der Waals surface area contributed by atoms with E-state index in [0.29, 0.717) is 13.0 Å². The standard InChI is InChI=1S/C23H32N6O4.C2H2.CH4O/c1-15(11-33-23(31)28-19-5-3-4-17(19)10-30)6-7-16(2)29-14-26-20-21(24-13-25-22(20)29)27-18-8-9-32-12-18;2*1-2/h10,13-14,16-19H,1,3-9,11-12H2,2H3,(H,28,31)(H,24,25,27);1-2H;2H,1H3/t16?,17?,18-,19?;;/m1../s1. The van der Waals surface area contributed by atoms with Crippen LogP contribution in [0.3, 0.4) is 0 Å². The maximum Gasteiger partial charge on any atom is 0.407 e. The molecular weight excluding hydrogens is 476 g/mol. The number of aromatic nitrogens is 4. The number of imidazole rings is 1. The molecule has 2 aromatic heterocycles. The molecular formula is C26H38N6O5. The molecule has 1 aliphatic carbocycles. The van der Waals surface area contributed by atoms with Gasteiger partial charge in [-0.2, -0.15) is 0 Å². The number of aliphatic hydroxyl groups excluding tert-OH is 1. The Labute approximate surface area is 218 Å².